The Morgan fingerprint density at radius 1 is 1.18 bits per heavy atom. The molecule has 1 aromatic heterocycles. The standard InChI is InChI=1S/C32H40N4O4/c1-20(2)30-26-15-23(22-9-11-36(12-10-22)25-17-38-18-25)7-8-27(26)35-31(30)24-5-4-6-28-32(34-19-33-28)29(16-24)40-14-13-39-21(3)37/h5,7-8,15-16,19-20,22,25,28,35H,4,6,9-14,17-18H2,1-3H3/b24-5+,29-16+. The lowest BCUT2D eigenvalue weighted by Gasteiger charge is -2.41. The second-order valence-corrected chi connectivity index (χ2v) is 11.6. The van der Waals surface area contributed by atoms with Crippen molar-refractivity contribution in [1.29, 1.82) is 0 Å². The van der Waals surface area contributed by atoms with Crippen molar-refractivity contribution in [2.24, 2.45) is 9.98 Å². The van der Waals surface area contributed by atoms with Crippen LogP contribution in [0.3, 0.4) is 0 Å². The number of carbonyl (C=O) groups is 1. The summed E-state index contributed by atoms with van der Waals surface area (Å²) in [6, 6.07) is 7.64. The summed E-state index contributed by atoms with van der Waals surface area (Å²) in [6.45, 7) is 10.5. The molecule has 3 aliphatic heterocycles. The van der Waals surface area contributed by atoms with E-state index in [9.17, 15) is 4.79 Å². The highest BCUT2D eigenvalue weighted by Crippen LogP contribution is 2.38. The first-order valence-electron chi connectivity index (χ1n) is 14.7. The molecule has 2 fully saturated rings. The molecule has 6 rings (SSSR count). The number of H-pyrrole nitrogens is 1. The molecule has 1 N–H and O–H groups in total. The number of likely N-dealkylation sites (tertiary alicyclic amines) is 1. The van der Waals surface area contributed by atoms with Crippen molar-refractivity contribution >= 4 is 34.5 Å². The molecule has 2 aromatic rings. The number of carbonyl (C=O) groups excluding carboxylic acids is 1. The maximum atomic E-state index is 11.2. The predicted octanol–water partition coefficient (Wildman–Crippen LogP) is 5.36. The Kier molecular flexibility index (Phi) is 7.89. The minimum Gasteiger partial charge on any atom is -0.488 e. The van der Waals surface area contributed by atoms with Crippen LogP contribution in [0, 0.1) is 0 Å². The van der Waals surface area contributed by atoms with E-state index >= 15 is 0 Å². The Morgan fingerprint density at radius 3 is 2.73 bits per heavy atom. The molecule has 8 nitrogen and oxygen atoms in total. The number of ether oxygens (including phenoxy) is 3. The quantitative estimate of drug-likeness (QED) is 0.357. The number of benzene rings is 1. The Balaban J connectivity index is 1.29. The Bertz CT molecular complexity index is 1370. The van der Waals surface area contributed by atoms with Gasteiger partial charge in [-0.25, -0.2) is 4.99 Å². The molecule has 1 atom stereocenters. The number of nitrogens with one attached hydrogen (secondary N) is 1. The van der Waals surface area contributed by atoms with Gasteiger partial charge in [0.1, 0.15) is 31.0 Å². The zero-order chi connectivity index (χ0) is 27.6. The maximum Gasteiger partial charge on any atom is 0.302 e. The van der Waals surface area contributed by atoms with Gasteiger partial charge in [-0.2, -0.15) is 0 Å². The van der Waals surface area contributed by atoms with E-state index in [0.717, 1.165) is 56.1 Å². The summed E-state index contributed by atoms with van der Waals surface area (Å²) in [4.78, 5) is 26.7. The monoisotopic (exact) mass is 544 g/mol. The Labute approximate surface area is 236 Å². The molecule has 0 spiro atoms. The Hall–Kier alpha value is -3.23. The van der Waals surface area contributed by atoms with E-state index in [1.54, 1.807) is 6.34 Å². The van der Waals surface area contributed by atoms with Crippen LogP contribution in [0.4, 0.5) is 0 Å². The van der Waals surface area contributed by atoms with Gasteiger partial charge in [-0.15, -0.1) is 0 Å². The number of nitrogens with zero attached hydrogens (tertiary/aromatic N) is 3. The van der Waals surface area contributed by atoms with E-state index in [4.69, 9.17) is 14.2 Å². The molecule has 0 saturated carbocycles. The second kappa shape index (κ2) is 11.7. The van der Waals surface area contributed by atoms with Crippen molar-refractivity contribution < 1.29 is 19.0 Å². The van der Waals surface area contributed by atoms with Gasteiger partial charge in [0.2, 0.25) is 0 Å². The molecule has 4 heterocycles. The summed E-state index contributed by atoms with van der Waals surface area (Å²) in [5.41, 5.74) is 7.04. The maximum absolute atomic E-state index is 11.2. The topological polar surface area (TPSA) is 88.5 Å². The van der Waals surface area contributed by atoms with Crippen LogP contribution in [0.25, 0.3) is 16.5 Å². The van der Waals surface area contributed by atoms with E-state index < -0.39 is 0 Å². The van der Waals surface area contributed by atoms with Gasteiger partial charge >= 0.3 is 5.97 Å². The highest BCUT2D eigenvalue weighted by atomic mass is 16.6. The summed E-state index contributed by atoms with van der Waals surface area (Å²) < 4.78 is 16.7. The number of aromatic nitrogens is 1. The molecule has 212 valence electrons. The summed E-state index contributed by atoms with van der Waals surface area (Å²) in [5, 5.41) is 1.31. The van der Waals surface area contributed by atoms with Crippen molar-refractivity contribution in [3.8, 4) is 0 Å². The third-order valence-corrected chi connectivity index (χ3v) is 8.62. The van der Waals surface area contributed by atoms with Crippen LogP contribution in [-0.2, 0) is 19.0 Å². The average molecular weight is 545 g/mol. The molecule has 0 amide bonds. The fourth-order valence-corrected chi connectivity index (χ4v) is 6.41. The zero-order valence-corrected chi connectivity index (χ0v) is 23.8. The number of piperidine rings is 1. The number of rotatable bonds is 8. The van der Waals surface area contributed by atoms with Gasteiger partial charge in [-0.05, 0) is 85.5 Å². The fraction of sp³-hybridized carbons (Fsp3) is 0.531. The molecule has 0 bridgehead atoms. The lowest BCUT2D eigenvalue weighted by molar-refractivity contribution is -0.142. The highest BCUT2D eigenvalue weighted by Gasteiger charge is 2.31. The molecule has 4 aliphatic rings. The Morgan fingerprint density at radius 2 is 2.00 bits per heavy atom. The minimum absolute atomic E-state index is 0.00384. The number of aliphatic imine (C=N–C) groups is 2. The van der Waals surface area contributed by atoms with Crippen LogP contribution in [0.1, 0.15) is 75.1 Å². The predicted molar refractivity (Wildman–Crippen MR) is 158 cm³/mol. The smallest absolute Gasteiger partial charge is 0.302 e. The first kappa shape index (κ1) is 27.0. The largest absolute Gasteiger partial charge is 0.488 e. The van der Waals surface area contributed by atoms with Gasteiger partial charge in [-0.3, -0.25) is 14.7 Å². The number of aromatic amines is 1. The van der Waals surface area contributed by atoms with Crippen molar-refractivity contribution in [2.75, 3.05) is 39.5 Å². The number of allylic oxidation sites excluding steroid dienone is 3. The fourth-order valence-electron chi connectivity index (χ4n) is 6.41. The van der Waals surface area contributed by atoms with Gasteiger partial charge in [0.05, 0.1) is 25.3 Å². The third-order valence-electron chi connectivity index (χ3n) is 8.62. The first-order chi connectivity index (χ1) is 19.5. The number of hydrogen-bond donors (Lipinski definition) is 1. The van der Waals surface area contributed by atoms with Gasteiger partial charge in [0.15, 0.2) is 0 Å². The van der Waals surface area contributed by atoms with E-state index in [1.165, 1.54) is 41.8 Å². The number of esters is 1. The SMILES string of the molecule is CC(=O)OCCO/C1=C/C(c2[nH]c3ccc(C4CCN(C5COC5)CC4)cc3c2C(C)C)=C\CCC2N=CN=C12. The van der Waals surface area contributed by atoms with E-state index in [-0.39, 0.29) is 25.2 Å². The molecule has 1 aliphatic carbocycles. The van der Waals surface area contributed by atoms with Crippen LogP contribution in [0.15, 0.2) is 46.1 Å². The highest BCUT2D eigenvalue weighted by molar-refractivity contribution is 6.10. The normalized spacial score (nSPS) is 24.9. The average Bonchev–Trinajstić information content (AvgIpc) is 3.51. The summed E-state index contributed by atoms with van der Waals surface area (Å²) in [6.07, 6.45) is 10.2. The molecule has 8 heteroatoms. The second-order valence-electron chi connectivity index (χ2n) is 11.6. The van der Waals surface area contributed by atoms with E-state index in [0.29, 0.717) is 23.6 Å². The molecule has 0 radical (unpaired) electrons. The van der Waals surface area contributed by atoms with Crippen LogP contribution in [-0.4, -0.2) is 79.5 Å². The minimum atomic E-state index is -0.312. The van der Waals surface area contributed by atoms with Gasteiger partial charge in [-0.1, -0.05) is 26.0 Å². The van der Waals surface area contributed by atoms with E-state index in [1.807, 2.05) is 0 Å². The van der Waals surface area contributed by atoms with Gasteiger partial charge in [0.25, 0.3) is 0 Å². The lowest BCUT2D eigenvalue weighted by atomic mass is 9.87. The van der Waals surface area contributed by atoms with Gasteiger partial charge in [0, 0.05) is 23.5 Å². The molecular weight excluding hydrogens is 504 g/mol. The molecule has 1 aromatic carbocycles. The van der Waals surface area contributed by atoms with Gasteiger partial charge < -0.3 is 19.2 Å². The van der Waals surface area contributed by atoms with Crippen molar-refractivity contribution in [2.45, 2.75) is 70.4 Å². The third kappa shape index (κ3) is 5.52. The number of hydrogen-bond acceptors (Lipinski definition) is 7. The summed E-state index contributed by atoms with van der Waals surface area (Å²) in [5.74, 6) is 1.31. The summed E-state index contributed by atoms with van der Waals surface area (Å²) >= 11 is 0. The van der Waals surface area contributed by atoms with Crippen molar-refractivity contribution in [3.05, 3.63) is 52.9 Å². The van der Waals surface area contributed by atoms with Crippen LogP contribution >= 0.6 is 0 Å². The van der Waals surface area contributed by atoms with Crippen molar-refractivity contribution in [1.82, 2.24) is 9.88 Å². The lowest BCUT2D eigenvalue weighted by Crippen LogP contribution is -2.51. The molecule has 1 unspecified atom stereocenters. The van der Waals surface area contributed by atoms with Crippen molar-refractivity contribution in [3.63, 3.8) is 0 Å². The molecular formula is C32H40N4O4. The van der Waals surface area contributed by atoms with Crippen LogP contribution in [0.2, 0.25) is 0 Å². The number of fused-ring (bicyclic) bond motifs is 2. The first-order valence-corrected chi connectivity index (χ1v) is 14.7. The summed E-state index contributed by atoms with van der Waals surface area (Å²) in [7, 11) is 0. The zero-order valence-electron chi connectivity index (χ0n) is 23.8. The van der Waals surface area contributed by atoms with Crippen LogP contribution in [0.5, 0.6) is 0 Å². The molecule has 40 heavy (non-hydrogen) atoms. The molecule has 2 saturated heterocycles. The van der Waals surface area contributed by atoms with E-state index in [2.05, 4.69) is 64.1 Å². The van der Waals surface area contributed by atoms with Crippen LogP contribution < -0.4 is 0 Å².